The molecule has 0 aliphatic heterocycles. The van der Waals surface area contributed by atoms with Crippen molar-refractivity contribution in [1.82, 2.24) is 0 Å². The van der Waals surface area contributed by atoms with Gasteiger partial charge in [0.1, 0.15) is 0 Å². The topological polar surface area (TPSA) is 0 Å². The fourth-order valence-electron chi connectivity index (χ4n) is 0.371. The molecule has 0 saturated carbocycles. The number of unbranched alkanes of at least 4 members (excludes halogenated alkanes) is 1. The van der Waals surface area contributed by atoms with E-state index in [4.69, 9.17) is 0 Å². The molecule has 42 valence electrons. The van der Waals surface area contributed by atoms with Crippen LogP contribution in [0.1, 0.15) is 19.8 Å². The fourth-order valence-corrected chi connectivity index (χ4v) is 0.371. The summed E-state index contributed by atoms with van der Waals surface area (Å²) < 4.78 is 0. The van der Waals surface area contributed by atoms with Crippen LogP contribution in [0.5, 0.6) is 0 Å². The highest BCUT2D eigenvalue weighted by atomic mass is 13.7. The Hall–Kier alpha value is -0.920. The predicted molar refractivity (Wildman–Crippen MR) is 36.4 cm³/mol. The van der Waals surface area contributed by atoms with E-state index < -0.39 is 0 Å². The van der Waals surface area contributed by atoms with Crippen molar-refractivity contribution >= 4 is 0 Å². The van der Waals surface area contributed by atoms with Gasteiger partial charge in [-0.15, -0.1) is 17.6 Å². The van der Waals surface area contributed by atoms with E-state index in [-0.39, 0.29) is 0 Å². The van der Waals surface area contributed by atoms with Crippen LogP contribution in [0.3, 0.4) is 0 Å². The highest BCUT2D eigenvalue weighted by molar-refractivity contribution is 4.96. The molecule has 0 fully saturated rings. The summed E-state index contributed by atoms with van der Waals surface area (Å²) in [5.74, 6) is 5.74. The summed E-state index contributed by atoms with van der Waals surface area (Å²) in [5.41, 5.74) is 2.68. The Morgan fingerprint density at radius 3 is 2.88 bits per heavy atom. The van der Waals surface area contributed by atoms with Crippen LogP contribution in [0, 0.1) is 11.8 Å². The van der Waals surface area contributed by atoms with Gasteiger partial charge in [-0.1, -0.05) is 6.58 Å². The van der Waals surface area contributed by atoms with Crippen molar-refractivity contribution in [2.75, 3.05) is 0 Å². The second-order valence-corrected chi connectivity index (χ2v) is 1.37. The average molecular weight is 106 g/mol. The van der Waals surface area contributed by atoms with Crippen molar-refractivity contribution in [3.05, 3.63) is 18.4 Å². The molecule has 0 aromatic carbocycles. The largest absolute Gasteiger partial charge is 0.133 e. The van der Waals surface area contributed by atoms with E-state index in [1.165, 1.54) is 0 Å². The zero-order valence-corrected chi connectivity index (χ0v) is 5.20. The SMILES string of the molecule is C=C=CCCC#CC. The van der Waals surface area contributed by atoms with Crippen molar-refractivity contribution < 1.29 is 0 Å². The van der Waals surface area contributed by atoms with Crippen molar-refractivity contribution in [2.24, 2.45) is 0 Å². The van der Waals surface area contributed by atoms with Gasteiger partial charge in [-0.05, 0) is 19.4 Å². The van der Waals surface area contributed by atoms with Crippen LogP contribution >= 0.6 is 0 Å². The maximum atomic E-state index is 3.43. The van der Waals surface area contributed by atoms with Crippen molar-refractivity contribution in [1.29, 1.82) is 0 Å². The molecule has 0 spiro atoms. The Labute approximate surface area is 50.9 Å². The summed E-state index contributed by atoms with van der Waals surface area (Å²) in [4.78, 5) is 0. The third-order valence-electron chi connectivity index (χ3n) is 0.735. The van der Waals surface area contributed by atoms with E-state index in [1.807, 2.05) is 13.0 Å². The first-order valence-electron chi connectivity index (χ1n) is 2.65. The molecule has 0 aliphatic rings. The molecule has 0 nitrogen and oxygen atoms in total. The second-order valence-electron chi connectivity index (χ2n) is 1.37. The van der Waals surface area contributed by atoms with Gasteiger partial charge in [0.15, 0.2) is 0 Å². The molecule has 0 unspecified atom stereocenters. The molecule has 0 atom stereocenters. The van der Waals surface area contributed by atoms with Gasteiger partial charge in [0.2, 0.25) is 0 Å². The van der Waals surface area contributed by atoms with Gasteiger partial charge in [-0.2, -0.15) is 0 Å². The summed E-state index contributed by atoms with van der Waals surface area (Å²) in [6.07, 6.45) is 3.80. The first kappa shape index (κ1) is 7.08. The minimum Gasteiger partial charge on any atom is -0.133 e. The van der Waals surface area contributed by atoms with Gasteiger partial charge in [0.25, 0.3) is 0 Å². The molecule has 0 rings (SSSR count). The lowest BCUT2D eigenvalue weighted by Gasteiger charge is -1.75. The molecule has 0 radical (unpaired) electrons. The van der Waals surface area contributed by atoms with E-state index in [0.717, 1.165) is 12.8 Å². The Bertz CT molecular complexity index is 137. The summed E-state index contributed by atoms with van der Waals surface area (Å²) >= 11 is 0. The lowest BCUT2D eigenvalue weighted by molar-refractivity contribution is 1.09. The summed E-state index contributed by atoms with van der Waals surface area (Å²) in [6.45, 7) is 5.27. The van der Waals surface area contributed by atoms with E-state index in [0.29, 0.717) is 0 Å². The van der Waals surface area contributed by atoms with E-state index >= 15 is 0 Å². The van der Waals surface area contributed by atoms with Crippen LogP contribution in [0.4, 0.5) is 0 Å². The van der Waals surface area contributed by atoms with Crippen LogP contribution in [0.2, 0.25) is 0 Å². The fraction of sp³-hybridized carbons (Fsp3) is 0.375. The molecule has 0 N–H and O–H groups in total. The highest BCUT2D eigenvalue weighted by Gasteiger charge is 1.69. The normalized spacial score (nSPS) is 6.12. The summed E-state index contributed by atoms with van der Waals surface area (Å²) in [7, 11) is 0. The average Bonchev–Trinajstić information content (AvgIpc) is 1.81. The Morgan fingerprint density at radius 1 is 1.62 bits per heavy atom. The van der Waals surface area contributed by atoms with Gasteiger partial charge in [-0.25, -0.2) is 0 Å². The second kappa shape index (κ2) is 6.08. The van der Waals surface area contributed by atoms with Crippen LogP contribution in [-0.4, -0.2) is 0 Å². The lowest BCUT2D eigenvalue weighted by Crippen LogP contribution is -1.60. The minimum atomic E-state index is 0.930. The molecule has 8 heavy (non-hydrogen) atoms. The molecule has 0 heteroatoms. The third kappa shape index (κ3) is 5.08. The monoisotopic (exact) mass is 106 g/mol. The van der Waals surface area contributed by atoms with Crippen molar-refractivity contribution in [3.63, 3.8) is 0 Å². The molecular formula is C8H10. The zero-order valence-electron chi connectivity index (χ0n) is 5.20. The summed E-state index contributed by atoms with van der Waals surface area (Å²) in [5, 5.41) is 0. The van der Waals surface area contributed by atoms with E-state index in [1.54, 1.807) is 0 Å². The highest BCUT2D eigenvalue weighted by Crippen LogP contribution is 1.84. The Kier molecular flexibility index (Phi) is 5.38. The number of hydrogen-bond donors (Lipinski definition) is 0. The quantitative estimate of drug-likeness (QED) is 0.287. The zero-order chi connectivity index (χ0) is 6.24. The van der Waals surface area contributed by atoms with Gasteiger partial charge in [0, 0.05) is 6.42 Å². The van der Waals surface area contributed by atoms with Gasteiger partial charge in [0.05, 0.1) is 0 Å². The van der Waals surface area contributed by atoms with E-state index in [2.05, 4.69) is 24.2 Å². The van der Waals surface area contributed by atoms with Gasteiger partial charge >= 0.3 is 0 Å². The van der Waals surface area contributed by atoms with Crippen LogP contribution in [-0.2, 0) is 0 Å². The number of hydrogen-bond acceptors (Lipinski definition) is 0. The van der Waals surface area contributed by atoms with E-state index in [9.17, 15) is 0 Å². The van der Waals surface area contributed by atoms with Gasteiger partial charge < -0.3 is 0 Å². The molecular weight excluding hydrogens is 96.1 g/mol. The molecule has 0 aromatic rings. The van der Waals surface area contributed by atoms with Crippen molar-refractivity contribution in [3.8, 4) is 11.8 Å². The first-order valence-corrected chi connectivity index (χ1v) is 2.65. The smallest absolute Gasteiger partial charge is 0.0129 e. The standard InChI is InChI=1S/C8H10/c1-3-5-7-8-6-4-2/h5H,1,7-8H2,2H3. The number of rotatable bonds is 2. The molecule has 0 bridgehead atoms. The Morgan fingerprint density at radius 2 is 2.38 bits per heavy atom. The predicted octanol–water partition coefficient (Wildman–Crippen LogP) is 2.13. The third-order valence-corrected chi connectivity index (χ3v) is 0.735. The molecule has 0 aliphatic carbocycles. The lowest BCUT2D eigenvalue weighted by atomic mass is 10.3. The molecule has 0 saturated heterocycles. The summed E-state index contributed by atoms with van der Waals surface area (Å²) in [6, 6.07) is 0. The van der Waals surface area contributed by atoms with Crippen LogP contribution in [0.25, 0.3) is 0 Å². The molecule has 0 heterocycles. The van der Waals surface area contributed by atoms with Crippen molar-refractivity contribution in [2.45, 2.75) is 19.8 Å². The molecule has 0 amide bonds. The van der Waals surface area contributed by atoms with Crippen LogP contribution < -0.4 is 0 Å². The molecule has 0 aromatic heterocycles. The van der Waals surface area contributed by atoms with Gasteiger partial charge in [-0.3, -0.25) is 0 Å². The maximum absolute atomic E-state index is 3.43. The maximum Gasteiger partial charge on any atom is 0.0129 e. The minimum absolute atomic E-state index is 0.930. The van der Waals surface area contributed by atoms with Crippen LogP contribution in [0.15, 0.2) is 18.4 Å². The number of allylic oxidation sites excluding steroid dienone is 1. The Balaban J connectivity index is 3.14. The first-order chi connectivity index (χ1) is 3.91.